The summed E-state index contributed by atoms with van der Waals surface area (Å²) < 4.78 is 16.9. The largest absolute Gasteiger partial charge is 0.462 e. The molecule has 0 N–H and O–H groups in total. The predicted octanol–water partition coefficient (Wildman–Crippen LogP) is 22.7. The third kappa shape index (κ3) is 62.0. The van der Waals surface area contributed by atoms with Crippen molar-refractivity contribution in [3.8, 4) is 0 Å². The van der Waals surface area contributed by atoms with Crippen molar-refractivity contribution < 1.29 is 28.6 Å². The molecule has 0 aliphatic heterocycles. The number of allylic oxidation sites excluding steroid dienone is 10. The van der Waals surface area contributed by atoms with Gasteiger partial charge in [0.15, 0.2) is 6.10 Å². The van der Waals surface area contributed by atoms with E-state index in [4.69, 9.17) is 14.2 Å². The van der Waals surface area contributed by atoms with Gasteiger partial charge >= 0.3 is 17.9 Å². The molecule has 0 radical (unpaired) electrons. The maximum Gasteiger partial charge on any atom is 0.306 e. The first kappa shape index (κ1) is 73.1. The lowest BCUT2D eigenvalue weighted by Gasteiger charge is -2.18. The molecule has 1 atom stereocenters. The Morgan fingerprint density at radius 1 is 0.276 bits per heavy atom. The first-order chi connectivity index (χ1) is 37.5. The van der Waals surface area contributed by atoms with Crippen molar-refractivity contribution in [2.45, 2.75) is 354 Å². The van der Waals surface area contributed by atoms with Crippen LogP contribution in [0.1, 0.15) is 348 Å². The van der Waals surface area contributed by atoms with Gasteiger partial charge in [-0.25, -0.2) is 0 Å². The Kier molecular flexibility index (Phi) is 62.2. The highest BCUT2D eigenvalue weighted by Crippen LogP contribution is 2.17. The Bertz CT molecular complexity index is 1360. The zero-order valence-corrected chi connectivity index (χ0v) is 50.8. The SMILES string of the molecule is CC/C=C\C/C=C\C/C=C\C/C=C\CCCCCCCCCCCCCCCCCCCCC(=O)OCC(COC(=O)CCCCCCCCCCCC)OC(=O)CCCCCCCCC/C=C\CCCCCCCC. The van der Waals surface area contributed by atoms with Gasteiger partial charge in [0.05, 0.1) is 0 Å². The Morgan fingerprint density at radius 2 is 0.513 bits per heavy atom. The van der Waals surface area contributed by atoms with Crippen LogP contribution in [0.25, 0.3) is 0 Å². The van der Waals surface area contributed by atoms with Crippen LogP contribution in [-0.2, 0) is 28.6 Å². The van der Waals surface area contributed by atoms with Crippen LogP contribution in [0.2, 0.25) is 0 Å². The van der Waals surface area contributed by atoms with Gasteiger partial charge in [0.1, 0.15) is 13.2 Å². The molecule has 6 heteroatoms. The van der Waals surface area contributed by atoms with Gasteiger partial charge in [-0.05, 0) is 83.5 Å². The molecule has 1 unspecified atom stereocenters. The zero-order chi connectivity index (χ0) is 55.0. The van der Waals surface area contributed by atoms with Gasteiger partial charge in [-0.2, -0.15) is 0 Å². The second-order valence-electron chi connectivity index (χ2n) is 22.4. The second kappa shape index (κ2) is 64.6. The van der Waals surface area contributed by atoms with Gasteiger partial charge < -0.3 is 14.2 Å². The van der Waals surface area contributed by atoms with Crippen molar-refractivity contribution in [3.63, 3.8) is 0 Å². The molecule has 0 fully saturated rings. The van der Waals surface area contributed by atoms with Gasteiger partial charge in [-0.3, -0.25) is 14.4 Å². The fourth-order valence-electron chi connectivity index (χ4n) is 9.79. The zero-order valence-electron chi connectivity index (χ0n) is 50.8. The molecule has 76 heavy (non-hydrogen) atoms. The molecule has 0 saturated heterocycles. The fraction of sp³-hybridized carbons (Fsp3) is 0.814. The van der Waals surface area contributed by atoms with Gasteiger partial charge in [-0.15, -0.1) is 0 Å². The van der Waals surface area contributed by atoms with Crippen molar-refractivity contribution in [2.24, 2.45) is 0 Å². The van der Waals surface area contributed by atoms with Crippen LogP contribution in [0.5, 0.6) is 0 Å². The quantitative estimate of drug-likeness (QED) is 0.0261. The summed E-state index contributed by atoms with van der Waals surface area (Å²) in [6, 6.07) is 0. The first-order valence-electron chi connectivity index (χ1n) is 33.3. The Labute approximate surface area is 472 Å². The van der Waals surface area contributed by atoms with E-state index in [1.165, 1.54) is 225 Å². The summed E-state index contributed by atoms with van der Waals surface area (Å²) in [7, 11) is 0. The van der Waals surface area contributed by atoms with Crippen molar-refractivity contribution in [1.29, 1.82) is 0 Å². The number of hydrogen-bond acceptors (Lipinski definition) is 6. The van der Waals surface area contributed by atoms with E-state index in [-0.39, 0.29) is 31.1 Å². The van der Waals surface area contributed by atoms with Gasteiger partial charge in [0.25, 0.3) is 0 Å². The van der Waals surface area contributed by atoms with Crippen molar-refractivity contribution in [3.05, 3.63) is 60.8 Å². The van der Waals surface area contributed by atoms with Crippen molar-refractivity contribution in [2.75, 3.05) is 13.2 Å². The van der Waals surface area contributed by atoms with Crippen LogP contribution in [0.4, 0.5) is 0 Å². The van der Waals surface area contributed by atoms with E-state index in [1.54, 1.807) is 0 Å². The third-order valence-corrected chi connectivity index (χ3v) is 14.8. The van der Waals surface area contributed by atoms with E-state index in [1.807, 2.05) is 0 Å². The fourth-order valence-corrected chi connectivity index (χ4v) is 9.79. The van der Waals surface area contributed by atoms with E-state index >= 15 is 0 Å². The van der Waals surface area contributed by atoms with Crippen LogP contribution < -0.4 is 0 Å². The lowest BCUT2D eigenvalue weighted by molar-refractivity contribution is -0.167. The molecule has 0 spiro atoms. The van der Waals surface area contributed by atoms with Crippen molar-refractivity contribution in [1.82, 2.24) is 0 Å². The Balaban J connectivity index is 4.11. The average molecular weight is 1060 g/mol. The number of esters is 3. The second-order valence-corrected chi connectivity index (χ2v) is 22.4. The van der Waals surface area contributed by atoms with Gasteiger partial charge in [-0.1, -0.05) is 306 Å². The number of unbranched alkanes of at least 4 members (excludes halogenated alkanes) is 40. The first-order valence-corrected chi connectivity index (χ1v) is 33.3. The molecule has 0 aliphatic rings. The smallest absolute Gasteiger partial charge is 0.306 e. The summed E-state index contributed by atoms with van der Waals surface area (Å²) in [4.78, 5) is 38.2. The van der Waals surface area contributed by atoms with Crippen LogP contribution in [-0.4, -0.2) is 37.2 Å². The summed E-state index contributed by atoms with van der Waals surface area (Å²) >= 11 is 0. The minimum absolute atomic E-state index is 0.0703. The minimum atomic E-state index is -0.772. The lowest BCUT2D eigenvalue weighted by atomic mass is 10.0. The highest BCUT2D eigenvalue weighted by Gasteiger charge is 2.19. The summed E-state index contributed by atoms with van der Waals surface area (Å²) in [5, 5.41) is 0. The highest BCUT2D eigenvalue weighted by molar-refractivity contribution is 5.71. The predicted molar refractivity (Wildman–Crippen MR) is 330 cm³/mol. The normalized spacial score (nSPS) is 12.4. The third-order valence-electron chi connectivity index (χ3n) is 14.8. The molecule has 0 rings (SSSR count). The molecule has 0 aromatic rings. The van der Waals surface area contributed by atoms with E-state index in [9.17, 15) is 14.4 Å². The molecule has 0 amide bonds. The van der Waals surface area contributed by atoms with Crippen molar-refractivity contribution >= 4 is 17.9 Å². The Hall–Kier alpha value is -2.89. The van der Waals surface area contributed by atoms with Gasteiger partial charge in [0, 0.05) is 19.3 Å². The Morgan fingerprint density at radius 3 is 0.816 bits per heavy atom. The number of carbonyl (C=O) groups excluding carboxylic acids is 3. The maximum atomic E-state index is 12.9. The number of hydrogen-bond donors (Lipinski definition) is 0. The topological polar surface area (TPSA) is 78.9 Å². The molecule has 0 saturated carbocycles. The van der Waals surface area contributed by atoms with E-state index in [0.717, 1.165) is 83.5 Å². The minimum Gasteiger partial charge on any atom is -0.462 e. The molecule has 0 aromatic carbocycles. The number of rotatable bonds is 61. The highest BCUT2D eigenvalue weighted by atomic mass is 16.6. The molecule has 6 nitrogen and oxygen atoms in total. The van der Waals surface area contributed by atoms with Crippen LogP contribution >= 0.6 is 0 Å². The van der Waals surface area contributed by atoms with E-state index in [0.29, 0.717) is 19.3 Å². The number of ether oxygens (including phenoxy) is 3. The molecule has 442 valence electrons. The molecule has 0 heterocycles. The van der Waals surface area contributed by atoms with Crippen LogP contribution in [0, 0.1) is 0 Å². The maximum absolute atomic E-state index is 12.9. The standard InChI is InChI=1S/C70H126O6/c1-4-7-10-13-16-19-22-24-26-28-29-30-31-32-33-34-35-36-37-38-39-40-41-43-44-46-48-51-54-57-60-63-69(72)75-66-67(65-74-68(71)62-59-56-53-50-21-18-15-12-9-6-3)76-70(73)64-61-58-55-52-49-47-45-42-27-25-23-20-17-14-11-8-5-2/h7,10,16,19,24-27,29-30,67H,4-6,8-9,11-15,17-18,20-23,28,31-66H2,1-3H3/b10-7-,19-16-,26-24-,27-25-,30-29-. The summed E-state index contributed by atoms with van der Waals surface area (Å²) in [5.74, 6) is -0.856. The molecule has 0 aromatic heterocycles. The summed E-state index contributed by atoms with van der Waals surface area (Å²) in [6.45, 7) is 6.55. The average Bonchev–Trinajstić information content (AvgIpc) is 3.42. The van der Waals surface area contributed by atoms with Gasteiger partial charge in [0.2, 0.25) is 0 Å². The van der Waals surface area contributed by atoms with E-state index < -0.39 is 6.10 Å². The summed E-state index contributed by atoms with van der Waals surface area (Å²) in [5.41, 5.74) is 0. The monoisotopic (exact) mass is 1060 g/mol. The molecular weight excluding hydrogens is 937 g/mol. The van der Waals surface area contributed by atoms with Crippen LogP contribution in [0.3, 0.4) is 0 Å². The summed E-state index contributed by atoms with van der Waals surface area (Å²) in [6.07, 6.45) is 82.5. The van der Waals surface area contributed by atoms with Crippen LogP contribution in [0.15, 0.2) is 60.8 Å². The molecular formula is C70H126O6. The molecule has 0 bridgehead atoms. The lowest BCUT2D eigenvalue weighted by Crippen LogP contribution is -2.30. The number of carbonyl (C=O) groups is 3. The van der Waals surface area contributed by atoms with E-state index in [2.05, 4.69) is 81.5 Å². The molecule has 0 aliphatic carbocycles.